The minimum atomic E-state index is -0.215. The van der Waals surface area contributed by atoms with E-state index in [1.165, 1.54) is 19.3 Å². The lowest BCUT2D eigenvalue weighted by atomic mass is 9.85. The molecule has 118 valence electrons. The lowest BCUT2D eigenvalue weighted by molar-refractivity contribution is 0.0939. The fraction of sp³-hybridized carbons (Fsp3) is 0.500. The summed E-state index contributed by atoms with van der Waals surface area (Å²) in [7, 11) is 0. The van der Waals surface area contributed by atoms with E-state index in [0.717, 1.165) is 18.1 Å². The molecular formula is C16H22N4O2. The molecule has 22 heavy (non-hydrogen) atoms. The van der Waals surface area contributed by atoms with E-state index in [-0.39, 0.29) is 18.6 Å². The Morgan fingerprint density at radius 2 is 2.32 bits per heavy atom. The molecule has 1 aliphatic carbocycles. The predicted molar refractivity (Wildman–Crippen MR) is 83.7 cm³/mol. The van der Waals surface area contributed by atoms with E-state index >= 15 is 0 Å². The Hall–Kier alpha value is -1.92. The molecule has 2 aromatic heterocycles. The molecule has 0 saturated heterocycles. The van der Waals surface area contributed by atoms with Crippen LogP contribution in [-0.2, 0) is 0 Å². The van der Waals surface area contributed by atoms with Crippen LogP contribution in [0.3, 0.4) is 0 Å². The highest BCUT2D eigenvalue weighted by molar-refractivity contribution is 5.92. The molecule has 3 rings (SSSR count). The van der Waals surface area contributed by atoms with Crippen LogP contribution in [0, 0.1) is 5.92 Å². The van der Waals surface area contributed by atoms with E-state index in [0.29, 0.717) is 12.2 Å². The number of imidazole rings is 1. The normalized spacial score (nSPS) is 16.4. The number of carbonyl (C=O) groups excluding carboxylic acids is 1. The molecule has 2 heterocycles. The number of nitrogens with zero attached hydrogens (tertiary/aromatic N) is 2. The minimum Gasteiger partial charge on any atom is -0.395 e. The van der Waals surface area contributed by atoms with Crippen LogP contribution in [0.1, 0.15) is 29.8 Å². The Kier molecular flexibility index (Phi) is 4.70. The number of pyridine rings is 1. The van der Waals surface area contributed by atoms with Crippen LogP contribution in [0.25, 0.3) is 5.65 Å². The van der Waals surface area contributed by atoms with Crippen LogP contribution in [-0.4, -0.2) is 46.1 Å². The van der Waals surface area contributed by atoms with Gasteiger partial charge in [-0.3, -0.25) is 4.79 Å². The van der Waals surface area contributed by atoms with Gasteiger partial charge < -0.3 is 20.1 Å². The van der Waals surface area contributed by atoms with Gasteiger partial charge in [-0.25, -0.2) is 4.98 Å². The quantitative estimate of drug-likeness (QED) is 0.707. The Morgan fingerprint density at radius 3 is 3.00 bits per heavy atom. The first kappa shape index (κ1) is 15.0. The maximum absolute atomic E-state index is 12.1. The largest absolute Gasteiger partial charge is 0.395 e. The fourth-order valence-corrected chi connectivity index (χ4v) is 2.58. The van der Waals surface area contributed by atoms with Crippen LogP contribution in [0.5, 0.6) is 0 Å². The number of carbonyl (C=O) groups is 1. The number of rotatable bonds is 7. The molecule has 1 fully saturated rings. The summed E-state index contributed by atoms with van der Waals surface area (Å²) >= 11 is 0. The van der Waals surface area contributed by atoms with Crippen molar-refractivity contribution in [2.75, 3.05) is 19.7 Å². The second-order valence-corrected chi connectivity index (χ2v) is 5.89. The molecule has 0 spiro atoms. The summed E-state index contributed by atoms with van der Waals surface area (Å²) in [5.74, 6) is 0.510. The van der Waals surface area contributed by atoms with Gasteiger partial charge in [0.25, 0.3) is 5.91 Å². The summed E-state index contributed by atoms with van der Waals surface area (Å²) in [6.07, 6.45) is 7.40. The standard InChI is InChI=1S/C16H22N4O2/c21-11-13(17-8-12-4-3-5-12)9-18-16(22)14-10-20-7-2-1-6-15(20)19-14/h1-2,6-7,10,12-13,17,21H,3-5,8-9,11H2,(H,18,22)/t13-/m1/s1. The molecule has 0 bridgehead atoms. The zero-order valence-corrected chi connectivity index (χ0v) is 12.5. The summed E-state index contributed by atoms with van der Waals surface area (Å²) in [5.41, 5.74) is 1.14. The number of fused-ring (bicyclic) bond motifs is 1. The smallest absolute Gasteiger partial charge is 0.271 e. The molecule has 0 radical (unpaired) electrons. The predicted octanol–water partition coefficient (Wildman–Crippen LogP) is 0.815. The monoisotopic (exact) mass is 302 g/mol. The highest BCUT2D eigenvalue weighted by atomic mass is 16.3. The summed E-state index contributed by atoms with van der Waals surface area (Å²) in [5, 5.41) is 15.5. The molecule has 0 aromatic carbocycles. The molecule has 6 nitrogen and oxygen atoms in total. The van der Waals surface area contributed by atoms with Gasteiger partial charge in [-0.2, -0.15) is 0 Å². The van der Waals surface area contributed by atoms with Crippen LogP contribution in [0.2, 0.25) is 0 Å². The van der Waals surface area contributed by atoms with E-state index in [1.807, 2.05) is 28.8 Å². The zero-order valence-electron chi connectivity index (χ0n) is 12.5. The molecule has 3 N–H and O–H groups in total. The molecule has 1 amide bonds. The van der Waals surface area contributed by atoms with Gasteiger partial charge >= 0.3 is 0 Å². The SMILES string of the molecule is O=C(NC[C@H](CO)NCC1CCC1)c1cn2ccccc2n1. The van der Waals surface area contributed by atoms with Gasteiger partial charge in [-0.1, -0.05) is 12.5 Å². The van der Waals surface area contributed by atoms with Crippen molar-refractivity contribution in [3.05, 3.63) is 36.3 Å². The van der Waals surface area contributed by atoms with Gasteiger partial charge in [0.05, 0.1) is 6.61 Å². The van der Waals surface area contributed by atoms with Gasteiger partial charge in [0.2, 0.25) is 0 Å². The van der Waals surface area contributed by atoms with E-state index in [2.05, 4.69) is 15.6 Å². The average molecular weight is 302 g/mol. The molecule has 2 aromatic rings. The van der Waals surface area contributed by atoms with Crippen molar-refractivity contribution in [1.29, 1.82) is 0 Å². The van der Waals surface area contributed by atoms with Gasteiger partial charge in [0.1, 0.15) is 11.3 Å². The van der Waals surface area contributed by atoms with Gasteiger partial charge in [-0.15, -0.1) is 0 Å². The maximum atomic E-state index is 12.1. The average Bonchev–Trinajstić information content (AvgIpc) is 2.92. The first-order valence-corrected chi connectivity index (χ1v) is 7.82. The number of nitrogens with one attached hydrogen (secondary N) is 2. The Bertz CT molecular complexity index is 603. The number of aromatic nitrogens is 2. The second-order valence-electron chi connectivity index (χ2n) is 5.89. The topological polar surface area (TPSA) is 78.7 Å². The third kappa shape index (κ3) is 3.45. The van der Waals surface area contributed by atoms with E-state index in [4.69, 9.17) is 0 Å². The summed E-state index contributed by atoms with van der Waals surface area (Å²) in [6, 6.07) is 5.52. The summed E-state index contributed by atoms with van der Waals surface area (Å²) in [6.45, 7) is 1.32. The van der Waals surface area contributed by atoms with Gasteiger partial charge in [0.15, 0.2) is 0 Å². The zero-order chi connectivity index (χ0) is 15.4. The Morgan fingerprint density at radius 1 is 1.45 bits per heavy atom. The molecule has 1 aliphatic rings. The lowest BCUT2D eigenvalue weighted by Crippen LogP contribution is -2.45. The Labute approximate surface area is 129 Å². The minimum absolute atomic E-state index is 0.0121. The van der Waals surface area contributed by atoms with Crippen LogP contribution >= 0.6 is 0 Å². The number of hydrogen-bond donors (Lipinski definition) is 3. The highest BCUT2D eigenvalue weighted by Crippen LogP contribution is 2.25. The number of amides is 1. The molecular weight excluding hydrogens is 280 g/mol. The number of hydrogen-bond acceptors (Lipinski definition) is 4. The van der Waals surface area contributed by atoms with Gasteiger partial charge in [0, 0.05) is 25.0 Å². The summed E-state index contributed by atoms with van der Waals surface area (Å²) < 4.78 is 1.81. The van der Waals surface area contributed by atoms with Crippen molar-refractivity contribution >= 4 is 11.6 Å². The fourth-order valence-electron chi connectivity index (χ4n) is 2.58. The van der Waals surface area contributed by atoms with E-state index < -0.39 is 0 Å². The lowest BCUT2D eigenvalue weighted by Gasteiger charge is -2.27. The molecule has 0 unspecified atom stereocenters. The molecule has 1 saturated carbocycles. The Balaban J connectivity index is 1.51. The third-order valence-corrected chi connectivity index (χ3v) is 4.25. The summed E-state index contributed by atoms with van der Waals surface area (Å²) in [4.78, 5) is 16.4. The van der Waals surface area contributed by atoms with Crippen molar-refractivity contribution in [3.63, 3.8) is 0 Å². The van der Waals surface area contributed by atoms with Crippen LogP contribution in [0.15, 0.2) is 30.6 Å². The van der Waals surface area contributed by atoms with Crippen LogP contribution < -0.4 is 10.6 Å². The van der Waals surface area contributed by atoms with Gasteiger partial charge in [-0.05, 0) is 37.4 Å². The van der Waals surface area contributed by atoms with Crippen molar-refractivity contribution in [1.82, 2.24) is 20.0 Å². The molecule has 6 heteroatoms. The number of aliphatic hydroxyl groups excluding tert-OH is 1. The molecule has 1 atom stereocenters. The van der Waals surface area contributed by atoms with Crippen molar-refractivity contribution in [2.24, 2.45) is 5.92 Å². The highest BCUT2D eigenvalue weighted by Gasteiger charge is 2.19. The second kappa shape index (κ2) is 6.89. The first-order valence-electron chi connectivity index (χ1n) is 7.82. The van der Waals surface area contributed by atoms with Crippen molar-refractivity contribution in [3.8, 4) is 0 Å². The van der Waals surface area contributed by atoms with E-state index in [1.54, 1.807) is 6.20 Å². The van der Waals surface area contributed by atoms with Crippen molar-refractivity contribution < 1.29 is 9.90 Å². The van der Waals surface area contributed by atoms with Crippen LogP contribution in [0.4, 0.5) is 0 Å². The first-order chi connectivity index (χ1) is 10.8. The number of aliphatic hydroxyl groups is 1. The van der Waals surface area contributed by atoms with E-state index in [9.17, 15) is 9.90 Å². The van der Waals surface area contributed by atoms with Crippen molar-refractivity contribution in [2.45, 2.75) is 25.3 Å². The third-order valence-electron chi connectivity index (χ3n) is 4.25. The molecule has 0 aliphatic heterocycles. The maximum Gasteiger partial charge on any atom is 0.271 e.